The lowest BCUT2D eigenvalue weighted by atomic mass is 9.62. The first-order valence-corrected chi connectivity index (χ1v) is 8.56. The number of halogens is 2. The van der Waals surface area contributed by atoms with Crippen LogP contribution in [0.15, 0.2) is 53.0 Å². The zero-order chi connectivity index (χ0) is 17.1. The van der Waals surface area contributed by atoms with Crippen molar-refractivity contribution in [1.29, 1.82) is 0 Å². The second-order valence-corrected chi connectivity index (χ2v) is 7.71. The predicted molar refractivity (Wildman–Crippen MR) is 91.5 cm³/mol. The molecule has 1 heterocycles. The molecule has 0 N–H and O–H groups in total. The van der Waals surface area contributed by atoms with E-state index in [0.717, 1.165) is 10.0 Å². The standard InChI is InChI=1S/C19H15BrFNO2/c1-18(21)10-19(11-18,12-6-8-13(20)9-7-12)22-16(23)14-4-2-3-5-15(14)17(22)24/h2-9H,10-11H2,1H3. The van der Waals surface area contributed by atoms with E-state index in [4.69, 9.17) is 0 Å². The van der Waals surface area contributed by atoms with E-state index in [9.17, 15) is 14.0 Å². The number of imide groups is 1. The van der Waals surface area contributed by atoms with E-state index in [0.29, 0.717) is 11.1 Å². The van der Waals surface area contributed by atoms with Crippen molar-refractivity contribution >= 4 is 27.7 Å². The van der Waals surface area contributed by atoms with Gasteiger partial charge in [-0.05, 0) is 36.8 Å². The van der Waals surface area contributed by atoms with E-state index >= 15 is 0 Å². The molecule has 1 aliphatic heterocycles. The van der Waals surface area contributed by atoms with Crippen molar-refractivity contribution in [2.75, 3.05) is 0 Å². The summed E-state index contributed by atoms with van der Waals surface area (Å²) < 4.78 is 15.3. The van der Waals surface area contributed by atoms with Crippen LogP contribution in [0.2, 0.25) is 0 Å². The van der Waals surface area contributed by atoms with Crippen molar-refractivity contribution in [1.82, 2.24) is 4.90 Å². The van der Waals surface area contributed by atoms with Gasteiger partial charge in [0.1, 0.15) is 5.67 Å². The third-order valence-corrected chi connectivity index (χ3v) is 5.45. The second kappa shape index (κ2) is 4.99. The molecule has 2 aromatic carbocycles. The molecule has 0 bridgehead atoms. The molecular formula is C19H15BrFNO2. The van der Waals surface area contributed by atoms with Crippen LogP contribution in [0, 0.1) is 0 Å². The minimum absolute atomic E-state index is 0.118. The highest BCUT2D eigenvalue weighted by Crippen LogP contribution is 2.56. The van der Waals surface area contributed by atoms with Gasteiger partial charge in [0.05, 0.1) is 16.7 Å². The van der Waals surface area contributed by atoms with Gasteiger partial charge in [-0.3, -0.25) is 14.5 Å². The number of hydrogen-bond acceptors (Lipinski definition) is 2. The first kappa shape index (κ1) is 15.5. The molecule has 0 saturated heterocycles. The number of alkyl halides is 1. The molecular weight excluding hydrogens is 373 g/mol. The first-order chi connectivity index (χ1) is 11.3. The van der Waals surface area contributed by atoms with Crippen molar-refractivity contribution in [2.45, 2.75) is 31.0 Å². The Balaban J connectivity index is 1.84. The van der Waals surface area contributed by atoms with Crippen LogP contribution in [0.1, 0.15) is 46.0 Å². The molecule has 0 unspecified atom stereocenters. The highest BCUT2D eigenvalue weighted by atomic mass is 79.9. The molecule has 2 amide bonds. The molecule has 0 aromatic heterocycles. The summed E-state index contributed by atoms with van der Waals surface area (Å²) in [5.41, 5.74) is -0.729. The lowest BCUT2D eigenvalue weighted by Gasteiger charge is -2.54. The lowest BCUT2D eigenvalue weighted by Crippen LogP contribution is -2.62. The number of rotatable bonds is 2. The molecule has 1 saturated carbocycles. The lowest BCUT2D eigenvalue weighted by molar-refractivity contribution is -0.0684. The average Bonchev–Trinajstić information content (AvgIpc) is 2.78. The van der Waals surface area contributed by atoms with Gasteiger partial charge in [-0.15, -0.1) is 0 Å². The van der Waals surface area contributed by atoms with Crippen molar-refractivity contribution in [3.63, 3.8) is 0 Å². The fourth-order valence-electron chi connectivity index (χ4n) is 4.00. The minimum Gasteiger partial charge on any atom is -0.269 e. The van der Waals surface area contributed by atoms with Crippen molar-refractivity contribution in [3.8, 4) is 0 Å². The van der Waals surface area contributed by atoms with E-state index in [2.05, 4.69) is 15.9 Å². The van der Waals surface area contributed by atoms with E-state index in [-0.39, 0.29) is 24.7 Å². The average molecular weight is 388 g/mol. The molecule has 24 heavy (non-hydrogen) atoms. The van der Waals surface area contributed by atoms with Gasteiger partial charge < -0.3 is 0 Å². The smallest absolute Gasteiger partial charge is 0.262 e. The maximum atomic E-state index is 14.4. The Morgan fingerprint density at radius 1 is 0.958 bits per heavy atom. The van der Waals surface area contributed by atoms with Crippen LogP contribution >= 0.6 is 15.9 Å². The number of amides is 2. The van der Waals surface area contributed by atoms with Gasteiger partial charge in [0.25, 0.3) is 11.8 Å². The Morgan fingerprint density at radius 2 is 1.46 bits per heavy atom. The summed E-state index contributed by atoms with van der Waals surface area (Å²) in [6, 6.07) is 14.2. The molecule has 1 fully saturated rings. The van der Waals surface area contributed by atoms with E-state index in [1.165, 1.54) is 11.8 Å². The van der Waals surface area contributed by atoms with Gasteiger partial charge in [-0.1, -0.05) is 40.2 Å². The fourth-order valence-corrected chi connectivity index (χ4v) is 4.26. The van der Waals surface area contributed by atoms with E-state index in [1.807, 2.05) is 24.3 Å². The number of hydrogen-bond donors (Lipinski definition) is 0. The molecule has 0 spiro atoms. The van der Waals surface area contributed by atoms with Gasteiger partial charge in [0, 0.05) is 17.3 Å². The minimum atomic E-state index is -1.39. The largest absolute Gasteiger partial charge is 0.269 e. The highest BCUT2D eigenvalue weighted by molar-refractivity contribution is 9.10. The van der Waals surface area contributed by atoms with Crippen LogP contribution in [0.4, 0.5) is 4.39 Å². The molecule has 1 aliphatic carbocycles. The van der Waals surface area contributed by atoms with Crippen molar-refractivity contribution in [2.24, 2.45) is 0 Å². The molecule has 0 radical (unpaired) electrons. The molecule has 122 valence electrons. The zero-order valence-corrected chi connectivity index (χ0v) is 14.6. The normalized spacial score (nSPS) is 28.7. The number of benzene rings is 2. The molecule has 0 atom stereocenters. The summed E-state index contributed by atoms with van der Waals surface area (Å²) in [5, 5.41) is 0. The monoisotopic (exact) mass is 387 g/mol. The summed E-state index contributed by atoms with van der Waals surface area (Å²) in [6.45, 7) is 1.52. The Morgan fingerprint density at radius 3 is 1.92 bits per heavy atom. The van der Waals surface area contributed by atoms with Crippen molar-refractivity contribution in [3.05, 3.63) is 69.7 Å². The Hall–Kier alpha value is -2.01. The van der Waals surface area contributed by atoms with E-state index in [1.54, 1.807) is 24.3 Å². The third-order valence-electron chi connectivity index (χ3n) is 4.93. The molecule has 5 heteroatoms. The SMILES string of the molecule is CC1(F)CC(c2ccc(Br)cc2)(N2C(=O)c3ccccc3C2=O)C1. The maximum absolute atomic E-state index is 14.4. The molecule has 2 aliphatic rings. The van der Waals surface area contributed by atoms with Crippen molar-refractivity contribution < 1.29 is 14.0 Å². The summed E-state index contributed by atoms with van der Waals surface area (Å²) >= 11 is 3.38. The topological polar surface area (TPSA) is 37.4 Å². The van der Waals surface area contributed by atoms with Crippen LogP contribution in [0.5, 0.6) is 0 Å². The summed E-state index contributed by atoms with van der Waals surface area (Å²) in [5.74, 6) is -0.678. The quantitative estimate of drug-likeness (QED) is 0.713. The highest BCUT2D eigenvalue weighted by Gasteiger charge is 2.61. The Bertz CT molecular complexity index is 817. The molecule has 3 nitrogen and oxygen atoms in total. The van der Waals surface area contributed by atoms with E-state index < -0.39 is 11.2 Å². The van der Waals surface area contributed by atoms with Crippen LogP contribution in [0.25, 0.3) is 0 Å². The predicted octanol–water partition coefficient (Wildman–Crippen LogP) is 4.46. The maximum Gasteiger partial charge on any atom is 0.262 e. The van der Waals surface area contributed by atoms with Crippen LogP contribution in [-0.2, 0) is 5.54 Å². The molecule has 2 aromatic rings. The first-order valence-electron chi connectivity index (χ1n) is 7.77. The van der Waals surface area contributed by atoms with Gasteiger partial charge in [0.15, 0.2) is 0 Å². The van der Waals surface area contributed by atoms with Gasteiger partial charge in [-0.25, -0.2) is 4.39 Å². The number of fused-ring (bicyclic) bond motifs is 1. The molecule has 4 rings (SSSR count). The zero-order valence-electron chi connectivity index (χ0n) is 13.1. The Kier molecular flexibility index (Phi) is 3.23. The second-order valence-electron chi connectivity index (χ2n) is 6.80. The number of carbonyl (C=O) groups excluding carboxylic acids is 2. The fraction of sp³-hybridized carbons (Fsp3) is 0.263. The van der Waals surface area contributed by atoms with Gasteiger partial charge in [-0.2, -0.15) is 0 Å². The van der Waals surface area contributed by atoms with Crippen LogP contribution < -0.4 is 0 Å². The summed E-state index contributed by atoms with van der Waals surface area (Å²) in [4.78, 5) is 27.0. The van der Waals surface area contributed by atoms with Crippen LogP contribution in [0.3, 0.4) is 0 Å². The van der Waals surface area contributed by atoms with Gasteiger partial charge in [0.2, 0.25) is 0 Å². The number of carbonyl (C=O) groups is 2. The third kappa shape index (κ3) is 2.07. The van der Waals surface area contributed by atoms with Gasteiger partial charge >= 0.3 is 0 Å². The number of nitrogens with zero attached hydrogens (tertiary/aromatic N) is 1. The summed E-state index contributed by atoms with van der Waals surface area (Å²) in [6.07, 6.45) is 0.236. The van der Waals surface area contributed by atoms with Crippen LogP contribution in [-0.4, -0.2) is 22.4 Å². The summed E-state index contributed by atoms with van der Waals surface area (Å²) in [7, 11) is 0. The Labute approximate surface area is 147 Å².